The highest BCUT2D eigenvalue weighted by molar-refractivity contribution is 7.07. The van der Waals surface area contributed by atoms with Gasteiger partial charge in [0.05, 0.1) is 16.8 Å². The molecular weight excluding hydrogens is 374 g/mol. The Balaban J connectivity index is 1.48. The molecule has 1 aliphatic heterocycles. The predicted molar refractivity (Wildman–Crippen MR) is 108 cm³/mol. The number of furan rings is 1. The van der Waals surface area contributed by atoms with Gasteiger partial charge in [0.2, 0.25) is 0 Å². The molecule has 0 saturated carbocycles. The third kappa shape index (κ3) is 3.78. The van der Waals surface area contributed by atoms with Gasteiger partial charge in [-0.05, 0) is 18.8 Å². The van der Waals surface area contributed by atoms with E-state index in [4.69, 9.17) is 4.42 Å². The normalized spacial score (nSPS) is 20.1. The minimum absolute atomic E-state index is 0.0898. The summed E-state index contributed by atoms with van der Waals surface area (Å²) in [6.45, 7) is 9.93. The lowest BCUT2D eigenvalue weighted by Crippen LogP contribution is -2.35. The zero-order chi connectivity index (χ0) is 19.9. The van der Waals surface area contributed by atoms with Crippen molar-refractivity contribution < 1.29 is 14.0 Å². The van der Waals surface area contributed by atoms with Crippen molar-refractivity contribution in [2.75, 3.05) is 26.2 Å². The summed E-state index contributed by atoms with van der Waals surface area (Å²) in [5, 5.41) is 2.07. The SMILES string of the molecule is Cc1c(C(=O)N2CCCN(Cc3cscn3)CC2)oc2c1C(=O)CC(C)(C)C2. The molecule has 6 nitrogen and oxygen atoms in total. The van der Waals surface area contributed by atoms with E-state index < -0.39 is 0 Å². The number of thiazole rings is 1. The number of rotatable bonds is 3. The largest absolute Gasteiger partial charge is 0.455 e. The molecule has 0 aromatic carbocycles. The van der Waals surface area contributed by atoms with Gasteiger partial charge in [-0.3, -0.25) is 14.5 Å². The minimum atomic E-state index is -0.118. The summed E-state index contributed by atoms with van der Waals surface area (Å²) >= 11 is 1.61. The second kappa shape index (κ2) is 7.44. The van der Waals surface area contributed by atoms with Crippen LogP contribution < -0.4 is 0 Å². The molecule has 1 saturated heterocycles. The Bertz CT molecular complexity index is 885. The van der Waals surface area contributed by atoms with E-state index in [1.54, 1.807) is 11.3 Å². The third-order valence-corrected chi connectivity index (χ3v) is 6.35. The molecule has 3 heterocycles. The molecule has 2 aromatic rings. The quantitative estimate of drug-likeness (QED) is 0.787. The Morgan fingerprint density at radius 2 is 2.07 bits per heavy atom. The van der Waals surface area contributed by atoms with Crippen LogP contribution in [0.1, 0.15) is 64.6 Å². The smallest absolute Gasteiger partial charge is 0.289 e. The van der Waals surface area contributed by atoms with E-state index in [-0.39, 0.29) is 17.1 Å². The molecule has 0 N–H and O–H groups in total. The maximum atomic E-state index is 13.2. The molecule has 4 rings (SSSR count). The molecule has 1 aliphatic carbocycles. The maximum absolute atomic E-state index is 13.2. The summed E-state index contributed by atoms with van der Waals surface area (Å²) in [6, 6.07) is 0. The standard InChI is InChI=1S/C21H27N3O3S/c1-14-18-16(25)9-21(2,3)10-17(18)27-19(14)20(26)24-6-4-5-23(7-8-24)11-15-12-28-13-22-15/h12-13H,4-11H2,1-3H3. The number of carbonyl (C=O) groups excluding carboxylic acids is 2. The first-order chi connectivity index (χ1) is 13.3. The molecule has 1 amide bonds. The average Bonchev–Trinajstić information content (AvgIpc) is 3.16. The minimum Gasteiger partial charge on any atom is -0.455 e. The van der Waals surface area contributed by atoms with Gasteiger partial charge in [0.25, 0.3) is 5.91 Å². The summed E-state index contributed by atoms with van der Waals surface area (Å²) in [4.78, 5) is 34.3. The van der Waals surface area contributed by atoms with Gasteiger partial charge >= 0.3 is 0 Å². The molecule has 2 aromatic heterocycles. The van der Waals surface area contributed by atoms with Crippen LogP contribution in [0, 0.1) is 12.3 Å². The number of nitrogens with zero attached hydrogens (tertiary/aromatic N) is 3. The first-order valence-corrected chi connectivity index (χ1v) is 10.8. The van der Waals surface area contributed by atoms with E-state index in [0.717, 1.165) is 31.7 Å². The van der Waals surface area contributed by atoms with Gasteiger partial charge in [0, 0.05) is 56.5 Å². The van der Waals surface area contributed by atoms with Crippen molar-refractivity contribution in [2.24, 2.45) is 5.41 Å². The van der Waals surface area contributed by atoms with Crippen molar-refractivity contribution >= 4 is 23.0 Å². The van der Waals surface area contributed by atoms with Gasteiger partial charge in [0.1, 0.15) is 5.76 Å². The van der Waals surface area contributed by atoms with Crippen molar-refractivity contribution in [1.29, 1.82) is 0 Å². The van der Waals surface area contributed by atoms with Gasteiger partial charge in [-0.1, -0.05) is 13.8 Å². The third-order valence-electron chi connectivity index (χ3n) is 5.72. The Labute approximate surface area is 169 Å². The zero-order valence-electron chi connectivity index (χ0n) is 16.8. The fourth-order valence-electron chi connectivity index (χ4n) is 4.31. The lowest BCUT2D eigenvalue weighted by atomic mass is 9.76. The average molecular weight is 402 g/mol. The first kappa shape index (κ1) is 19.3. The number of Topliss-reactive ketones (excluding diaryl/α,β-unsaturated/α-hetero) is 1. The van der Waals surface area contributed by atoms with Crippen molar-refractivity contribution in [3.8, 4) is 0 Å². The van der Waals surface area contributed by atoms with E-state index in [2.05, 4.69) is 29.1 Å². The van der Waals surface area contributed by atoms with Crippen LogP contribution in [0.4, 0.5) is 0 Å². The summed E-state index contributed by atoms with van der Waals surface area (Å²) in [7, 11) is 0. The molecule has 2 aliphatic rings. The number of hydrogen-bond donors (Lipinski definition) is 0. The topological polar surface area (TPSA) is 66.7 Å². The monoisotopic (exact) mass is 401 g/mol. The van der Waals surface area contributed by atoms with Gasteiger partial charge in [0.15, 0.2) is 11.5 Å². The summed E-state index contributed by atoms with van der Waals surface area (Å²) in [5.41, 5.74) is 4.17. The van der Waals surface area contributed by atoms with Crippen LogP contribution in [-0.2, 0) is 13.0 Å². The lowest BCUT2D eigenvalue weighted by molar-refractivity contribution is 0.0722. The molecule has 7 heteroatoms. The second-order valence-corrected chi connectivity index (χ2v) is 9.42. The maximum Gasteiger partial charge on any atom is 0.289 e. The molecule has 0 radical (unpaired) electrons. The van der Waals surface area contributed by atoms with Crippen molar-refractivity contribution in [1.82, 2.24) is 14.8 Å². The molecule has 28 heavy (non-hydrogen) atoms. The van der Waals surface area contributed by atoms with Crippen LogP contribution in [-0.4, -0.2) is 52.7 Å². The number of hydrogen-bond acceptors (Lipinski definition) is 6. The van der Waals surface area contributed by atoms with Crippen LogP contribution in [0.25, 0.3) is 0 Å². The molecule has 0 atom stereocenters. The van der Waals surface area contributed by atoms with E-state index in [1.807, 2.05) is 17.3 Å². The van der Waals surface area contributed by atoms with E-state index in [0.29, 0.717) is 48.6 Å². The highest BCUT2D eigenvalue weighted by Crippen LogP contribution is 2.38. The van der Waals surface area contributed by atoms with Gasteiger partial charge < -0.3 is 9.32 Å². The summed E-state index contributed by atoms with van der Waals surface area (Å²) in [6.07, 6.45) is 2.12. The highest BCUT2D eigenvalue weighted by Gasteiger charge is 2.37. The van der Waals surface area contributed by atoms with E-state index in [9.17, 15) is 9.59 Å². The Hall–Kier alpha value is -1.99. The second-order valence-electron chi connectivity index (χ2n) is 8.70. The van der Waals surface area contributed by atoms with Crippen LogP contribution in [0.5, 0.6) is 0 Å². The van der Waals surface area contributed by atoms with Gasteiger partial charge in [-0.2, -0.15) is 0 Å². The Morgan fingerprint density at radius 3 is 2.82 bits per heavy atom. The molecule has 0 bridgehead atoms. The molecule has 0 spiro atoms. The molecular formula is C21H27N3O3S. The highest BCUT2D eigenvalue weighted by atomic mass is 32.1. The molecule has 0 unspecified atom stereocenters. The Morgan fingerprint density at radius 1 is 1.25 bits per heavy atom. The van der Waals surface area contributed by atoms with E-state index in [1.165, 1.54) is 0 Å². The Kier molecular flexibility index (Phi) is 5.14. The summed E-state index contributed by atoms with van der Waals surface area (Å²) in [5.74, 6) is 1.04. The fourth-order valence-corrected chi connectivity index (χ4v) is 4.86. The summed E-state index contributed by atoms with van der Waals surface area (Å²) < 4.78 is 5.98. The van der Waals surface area contributed by atoms with Crippen molar-refractivity contribution in [3.63, 3.8) is 0 Å². The van der Waals surface area contributed by atoms with Crippen LogP contribution in [0.3, 0.4) is 0 Å². The lowest BCUT2D eigenvalue weighted by Gasteiger charge is -2.27. The van der Waals surface area contributed by atoms with Crippen LogP contribution >= 0.6 is 11.3 Å². The number of fused-ring (bicyclic) bond motifs is 1. The van der Waals surface area contributed by atoms with Crippen molar-refractivity contribution in [2.45, 2.75) is 46.6 Å². The van der Waals surface area contributed by atoms with Gasteiger partial charge in [-0.25, -0.2) is 4.98 Å². The first-order valence-electron chi connectivity index (χ1n) is 9.88. The zero-order valence-corrected chi connectivity index (χ0v) is 17.6. The van der Waals surface area contributed by atoms with Crippen LogP contribution in [0.15, 0.2) is 15.3 Å². The van der Waals surface area contributed by atoms with Crippen LogP contribution in [0.2, 0.25) is 0 Å². The predicted octanol–water partition coefficient (Wildman–Crippen LogP) is 3.55. The number of amides is 1. The van der Waals surface area contributed by atoms with Gasteiger partial charge in [-0.15, -0.1) is 11.3 Å². The van der Waals surface area contributed by atoms with Crippen molar-refractivity contribution in [3.05, 3.63) is 39.2 Å². The number of carbonyl (C=O) groups is 2. The molecule has 1 fully saturated rings. The number of aromatic nitrogens is 1. The molecule has 150 valence electrons. The van der Waals surface area contributed by atoms with E-state index >= 15 is 0 Å². The fraction of sp³-hybridized carbons (Fsp3) is 0.571. The number of ketones is 1.